The summed E-state index contributed by atoms with van der Waals surface area (Å²) in [5, 5.41) is 8.29. The van der Waals surface area contributed by atoms with Crippen molar-refractivity contribution in [2.24, 2.45) is 7.05 Å². The zero-order valence-electron chi connectivity index (χ0n) is 18.3. The predicted molar refractivity (Wildman–Crippen MR) is 128 cm³/mol. The summed E-state index contributed by atoms with van der Waals surface area (Å²) in [5.74, 6) is 0.0605. The molecule has 164 valence electrons. The van der Waals surface area contributed by atoms with E-state index in [1.807, 2.05) is 56.0 Å². The molecule has 7 nitrogen and oxygen atoms in total. The second-order valence-corrected chi connectivity index (χ2v) is 9.09. The Bertz CT molecular complexity index is 1250. The largest absolute Gasteiger partial charge is 0.350 e. The first kappa shape index (κ1) is 20.6. The van der Waals surface area contributed by atoms with Crippen molar-refractivity contribution in [2.75, 3.05) is 11.4 Å². The van der Waals surface area contributed by atoms with Gasteiger partial charge in [0.05, 0.1) is 10.9 Å². The van der Waals surface area contributed by atoms with E-state index >= 15 is 0 Å². The average molecular weight is 447 g/mol. The van der Waals surface area contributed by atoms with Crippen molar-refractivity contribution < 1.29 is 4.79 Å². The highest BCUT2D eigenvalue weighted by Gasteiger charge is 2.33. The van der Waals surface area contributed by atoms with Gasteiger partial charge in [-0.25, -0.2) is 4.98 Å². The Labute approximate surface area is 191 Å². The molecule has 1 aliphatic heterocycles. The Morgan fingerprint density at radius 3 is 2.84 bits per heavy atom. The van der Waals surface area contributed by atoms with E-state index in [0.29, 0.717) is 6.54 Å². The molecule has 1 atom stereocenters. The number of hydrogen-bond acceptors (Lipinski definition) is 6. The van der Waals surface area contributed by atoms with Crippen LogP contribution in [0.2, 0.25) is 0 Å². The molecule has 0 spiro atoms. The van der Waals surface area contributed by atoms with Crippen molar-refractivity contribution in [1.82, 2.24) is 25.1 Å². The number of amides is 1. The number of thiazole rings is 1. The fourth-order valence-electron chi connectivity index (χ4n) is 4.37. The molecule has 0 radical (unpaired) electrons. The summed E-state index contributed by atoms with van der Waals surface area (Å²) >= 11 is 1.64. The summed E-state index contributed by atoms with van der Waals surface area (Å²) in [6.45, 7) is 3.53. The molecule has 0 bridgehead atoms. The number of carbonyl (C=O) groups is 1. The zero-order valence-corrected chi connectivity index (χ0v) is 19.1. The van der Waals surface area contributed by atoms with Gasteiger partial charge >= 0.3 is 0 Å². The van der Waals surface area contributed by atoms with Gasteiger partial charge in [0, 0.05) is 43.7 Å². The number of aryl methyl sites for hydroxylation is 2. The number of nitrogens with zero attached hydrogens (tertiary/aromatic N) is 5. The standard InChI is InChI=1S/C24H26N6OS/c1-3-18-19(17-13-27-29(2)15-17)14-25-22-21(18)32-24(28-22)30-11-7-10-20(30)23(31)26-12-16-8-5-4-6-9-16/h4-6,8-9,13-15,20H,3,7,10-12H2,1-2H3,(H,26,31). The number of pyridine rings is 1. The number of anilines is 1. The van der Waals surface area contributed by atoms with Crippen LogP contribution >= 0.6 is 11.3 Å². The summed E-state index contributed by atoms with van der Waals surface area (Å²) in [5.41, 5.74) is 5.25. The van der Waals surface area contributed by atoms with Gasteiger partial charge in [0.1, 0.15) is 6.04 Å². The van der Waals surface area contributed by atoms with Gasteiger partial charge in [-0.3, -0.25) is 9.48 Å². The molecule has 4 aromatic rings. The molecule has 1 N–H and O–H groups in total. The fraction of sp³-hybridized carbons (Fsp3) is 0.333. The second kappa shape index (κ2) is 8.70. The van der Waals surface area contributed by atoms with Crippen molar-refractivity contribution >= 4 is 32.7 Å². The third-order valence-corrected chi connectivity index (χ3v) is 7.13. The molecule has 1 fully saturated rings. The van der Waals surface area contributed by atoms with Gasteiger partial charge in [-0.15, -0.1) is 0 Å². The lowest BCUT2D eigenvalue weighted by atomic mass is 10.0. The van der Waals surface area contributed by atoms with Gasteiger partial charge < -0.3 is 10.2 Å². The monoisotopic (exact) mass is 446 g/mol. The molecule has 0 aliphatic carbocycles. The molecular formula is C24H26N6OS. The van der Waals surface area contributed by atoms with E-state index in [-0.39, 0.29) is 11.9 Å². The van der Waals surface area contributed by atoms with E-state index in [9.17, 15) is 4.79 Å². The predicted octanol–water partition coefficient (Wildman–Crippen LogP) is 3.94. The van der Waals surface area contributed by atoms with Gasteiger partial charge in [-0.2, -0.15) is 10.1 Å². The van der Waals surface area contributed by atoms with Crippen LogP contribution in [0.1, 0.15) is 30.9 Å². The van der Waals surface area contributed by atoms with Gasteiger partial charge in [-0.05, 0) is 30.4 Å². The van der Waals surface area contributed by atoms with E-state index in [4.69, 9.17) is 4.98 Å². The summed E-state index contributed by atoms with van der Waals surface area (Å²) in [4.78, 5) is 24.6. The van der Waals surface area contributed by atoms with Gasteiger partial charge in [-0.1, -0.05) is 48.6 Å². The Kier molecular flexibility index (Phi) is 5.61. The lowest BCUT2D eigenvalue weighted by molar-refractivity contribution is -0.122. The molecule has 32 heavy (non-hydrogen) atoms. The average Bonchev–Trinajstić information content (AvgIpc) is 3.56. The zero-order chi connectivity index (χ0) is 22.1. The molecule has 1 amide bonds. The Hall–Kier alpha value is -3.26. The number of rotatable bonds is 6. The molecule has 3 aromatic heterocycles. The SMILES string of the molecule is CCc1c(-c2cnn(C)c2)cnc2nc(N3CCCC3C(=O)NCc3ccccc3)sc12. The quantitative estimate of drug-likeness (QED) is 0.486. The lowest BCUT2D eigenvalue weighted by Crippen LogP contribution is -2.43. The fourth-order valence-corrected chi connectivity index (χ4v) is 5.58. The smallest absolute Gasteiger partial charge is 0.243 e. The highest BCUT2D eigenvalue weighted by atomic mass is 32.1. The summed E-state index contributed by atoms with van der Waals surface area (Å²) in [6.07, 6.45) is 8.48. The maximum atomic E-state index is 13.0. The first-order chi connectivity index (χ1) is 15.6. The molecule has 8 heteroatoms. The number of nitrogens with one attached hydrogen (secondary N) is 1. The van der Waals surface area contributed by atoms with Gasteiger partial charge in [0.15, 0.2) is 10.8 Å². The number of carbonyl (C=O) groups excluding carboxylic acids is 1. The minimum atomic E-state index is -0.192. The first-order valence-electron chi connectivity index (χ1n) is 11.0. The topological polar surface area (TPSA) is 75.9 Å². The van der Waals surface area contributed by atoms with Crippen molar-refractivity contribution in [3.8, 4) is 11.1 Å². The molecule has 5 rings (SSSR count). The van der Waals surface area contributed by atoms with Crippen LogP contribution in [0.25, 0.3) is 21.5 Å². The van der Waals surface area contributed by atoms with Crippen LogP contribution in [-0.4, -0.2) is 38.2 Å². The van der Waals surface area contributed by atoms with Crippen LogP contribution in [0.5, 0.6) is 0 Å². The summed E-state index contributed by atoms with van der Waals surface area (Å²) < 4.78 is 2.90. The van der Waals surface area contributed by atoms with Crippen LogP contribution in [0.4, 0.5) is 5.13 Å². The van der Waals surface area contributed by atoms with Crippen molar-refractivity contribution in [2.45, 2.75) is 38.8 Å². The van der Waals surface area contributed by atoms with Crippen LogP contribution in [0.3, 0.4) is 0 Å². The Morgan fingerprint density at radius 2 is 2.09 bits per heavy atom. The van der Waals surface area contributed by atoms with E-state index in [2.05, 4.69) is 27.2 Å². The lowest BCUT2D eigenvalue weighted by Gasteiger charge is -2.23. The summed E-state index contributed by atoms with van der Waals surface area (Å²) in [7, 11) is 1.92. The van der Waals surface area contributed by atoms with Gasteiger partial charge in [0.25, 0.3) is 0 Å². The number of hydrogen-bond donors (Lipinski definition) is 1. The first-order valence-corrected chi connectivity index (χ1v) is 11.8. The normalized spacial score (nSPS) is 16.1. The minimum absolute atomic E-state index is 0.0605. The van der Waals surface area contributed by atoms with Crippen LogP contribution < -0.4 is 10.2 Å². The highest BCUT2D eigenvalue weighted by molar-refractivity contribution is 7.22. The number of fused-ring (bicyclic) bond motifs is 1. The number of aromatic nitrogens is 4. The van der Waals surface area contributed by atoms with Crippen LogP contribution in [-0.2, 0) is 24.8 Å². The molecule has 1 aliphatic rings. The molecule has 1 saturated heterocycles. The Balaban J connectivity index is 1.41. The maximum Gasteiger partial charge on any atom is 0.243 e. The summed E-state index contributed by atoms with van der Waals surface area (Å²) in [6, 6.07) is 9.82. The van der Waals surface area contributed by atoms with E-state index in [1.54, 1.807) is 16.0 Å². The number of benzene rings is 1. The Morgan fingerprint density at radius 1 is 1.25 bits per heavy atom. The molecule has 1 aromatic carbocycles. The molecular weight excluding hydrogens is 420 g/mol. The van der Waals surface area contributed by atoms with Crippen molar-refractivity contribution in [3.05, 3.63) is 60.0 Å². The van der Waals surface area contributed by atoms with Crippen molar-refractivity contribution in [3.63, 3.8) is 0 Å². The molecule has 1 unspecified atom stereocenters. The minimum Gasteiger partial charge on any atom is -0.350 e. The van der Waals surface area contributed by atoms with Crippen LogP contribution in [0.15, 0.2) is 48.9 Å². The van der Waals surface area contributed by atoms with E-state index < -0.39 is 0 Å². The third kappa shape index (κ3) is 3.86. The maximum absolute atomic E-state index is 13.0. The van der Waals surface area contributed by atoms with Gasteiger partial charge in [0.2, 0.25) is 5.91 Å². The van der Waals surface area contributed by atoms with E-state index in [0.717, 1.165) is 58.0 Å². The van der Waals surface area contributed by atoms with Crippen LogP contribution in [0, 0.1) is 0 Å². The third-order valence-electron chi connectivity index (χ3n) is 5.99. The molecule has 4 heterocycles. The van der Waals surface area contributed by atoms with E-state index in [1.165, 1.54) is 5.56 Å². The molecule has 0 saturated carbocycles. The second-order valence-electron chi connectivity index (χ2n) is 8.11. The van der Waals surface area contributed by atoms with Crippen molar-refractivity contribution in [1.29, 1.82) is 0 Å². The highest BCUT2D eigenvalue weighted by Crippen LogP contribution is 2.37.